The Morgan fingerprint density at radius 1 is 1.30 bits per heavy atom. The third-order valence-electron chi connectivity index (χ3n) is 3.13. The summed E-state index contributed by atoms with van der Waals surface area (Å²) in [6, 6.07) is 9.65. The fourth-order valence-electron chi connectivity index (χ4n) is 1.90. The first-order valence-corrected chi connectivity index (χ1v) is 6.62. The van der Waals surface area contributed by atoms with Crippen LogP contribution in [-0.4, -0.2) is 30.4 Å². The molecule has 0 aliphatic heterocycles. The molecule has 0 N–H and O–H groups in total. The van der Waals surface area contributed by atoms with Gasteiger partial charge in [-0.3, -0.25) is 9.59 Å². The molecule has 1 aromatic rings. The van der Waals surface area contributed by atoms with Gasteiger partial charge in [0.15, 0.2) is 0 Å². The SMILES string of the molecule is C/C=C/CN(C(=O)CC(=O)OC)[C@@H](C)c1ccccc1. The van der Waals surface area contributed by atoms with Crippen LogP contribution in [0.15, 0.2) is 42.5 Å². The molecular formula is C16H21NO3. The van der Waals surface area contributed by atoms with Crippen LogP contribution in [0.3, 0.4) is 0 Å². The maximum absolute atomic E-state index is 12.2. The molecule has 0 unspecified atom stereocenters. The number of ether oxygens (including phenoxy) is 1. The van der Waals surface area contributed by atoms with Gasteiger partial charge in [-0.25, -0.2) is 0 Å². The molecule has 20 heavy (non-hydrogen) atoms. The highest BCUT2D eigenvalue weighted by atomic mass is 16.5. The molecule has 0 spiro atoms. The lowest BCUT2D eigenvalue weighted by Crippen LogP contribution is -2.35. The molecule has 4 nitrogen and oxygen atoms in total. The summed E-state index contributed by atoms with van der Waals surface area (Å²) in [5.74, 6) is -0.743. The van der Waals surface area contributed by atoms with Crippen LogP contribution in [0.4, 0.5) is 0 Å². The Bertz CT molecular complexity index is 468. The third-order valence-corrected chi connectivity index (χ3v) is 3.13. The number of hydrogen-bond acceptors (Lipinski definition) is 3. The van der Waals surface area contributed by atoms with Crippen molar-refractivity contribution in [3.63, 3.8) is 0 Å². The van der Waals surface area contributed by atoms with Crippen LogP contribution in [0.25, 0.3) is 0 Å². The van der Waals surface area contributed by atoms with Gasteiger partial charge in [-0.1, -0.05) is 42.5 Å². The molecule has 1 amide bonds. The first kappa shape index (κ1) is 16.0. The van der Waals surface area contributed by atoms with Gasteiger partial charge in [0, 0.05) is 6.54 Å². The smallest absolute Gasteiger partial charge is 0.315 e. The lowest BCUT2D eigenvalue weighted by atomic mass is 10.1. The minimum Gasteiger partial charge on any atom is -0.469 e. The minimum absolute atomic E-state index is 0.0930. The molecule has 0 heterocycles. The van der Waals surface area contributed by atoms with Crippen molar-refractivity contribution in [1.29, 1.82) is 0 Å². The average Bonchev–Trinajstić information content (AvgIpc) is 2.48. The van der Waals surface area contributed by atoms with Crippen LogP contribution in [0.5, 0.6) is 0 Å². The molecule has 0 saturated heterocycles. The molecule has 4 heteroatoms. The molecule has 0 aromatic heterocycles. The maximum atomic E-state index is 12.2. The summed E-state index contributed by atoms with van der Waals surface area (Å²) in [6.45, 7) is 4.33. The number of benzene rings is 1. The monoisotopic (exact) mass is 275 g/mol. The summed E-state index contributed by atoms with van der Waals surface area (Å²) < 4.78 is 4.56. The summed E-state index contributed by atoms with van der Waals surface area (Å²) in [5.41, 5.74) is 1.04. The van der Waals surface area contributed by atoms with E-state index in [-0.39, 0.29) is 18.4 Å². The fourth-order valence-corrected chi connectivity index (χ4v) is 1.90. The van der Waals surface area contributed by atoms with E-state index in [1.807, 2.05) is 56.3 Å². The quantitative estimate of drug-likeness (QED) is 0.455. The van der Waals surface area contributed by atoms with Crippen molar-refractivity contribution >= 4 is 11.9 Å². The molecule has 0 aliphatic carbocycles. The van der Waals surface area contributed by atoms with Gasteiger partial charge in [0.25, 0.3) is 0 Å². The average molecular weight is 275 g/mol. The van der Waals surface area contributed by atoms with Gasteiger partial charge >= 0.3 is 5.97 Å². The number of allylic oxidation sites excluding steroid dienone is 1. The molecule has 1 rings (SSSR count). The predicted molar refractivity (Wildman–Crippen MR) is 78.0 cm³/mol. The van der Waals surface area contributed by atoms with Gasteiger partial charge in [0.05, 0.1) is 13.2 Å². The van der Waals surface area contributed by atoms with Gasteiger partial charge in [-0.2, -0.15) is 0 Å². The number of rotatable bonds is 6. The normalized spacial score (nSPS) is 12.2. The summed E-state index contributed by atoms with van der Waals surface area (Å²) in [6.07, 6.45) is 3.55. The second-order valence-corrected chi connectivity index (χ2v) is 4.45. The van der Waals surface area contributed by atoms with E-state index in [0.29, 0.717) is 6.54 Å². The van der Waals surface area contributed by atoms with Crippen LogP contribution in [0.1, 0.15) is 31.9 Å². The topological polar surface area (TPSA) is 46.6 Å². The van der Waals surface area contributed by atoms with Crippen LogP contribution < -0.4 is 0 Å². The summed E-state index contributed by atoms with van der Waals surface area (Å²) >= 11 is 0. The van der Waals surface area contributed by atoms with E-state index in [9.17, 15) is 9.59 Å². The van der Waals surface area contributed by atoms with Crippen LogP contribution >= 0.6 is 0 Å². The van der Waals surface area contributed by atoms with Crippen molar-refractivity contribution < 1.29 is 14.3 Å². The second kappa shape index (κ2) is 8.15. The number of methoxy groups -OCH3 is 1. The Labute approximate surface area is 120 Å². The van der Waals surface area contributed by atoms with Gasteiger partial charge in [0.1, 0.15) is 6.42 Å². The number of hydrogen-bond donors (Lipinski definition) is 0. The van der Waals surface area contributed by atoms with E-state index in [1.54, 1.807) is 4.90 Å². The van der Waals surface area contributed by atoms with Gasteiger partial charge in [-0.15, -0.1) is 0 Å². The lowest BCUT2D eigenvalue weighted by molar-refractivity contribution is -0.147. The first-order valence-electron chi connectivity index (χ1n) is 6.62. The zero-order chi connectivity index (χ0) is 15.0. The Kier molecular flexibility index (Phi) is 6.50. The molecule has 0 bridgehead atoms. The zero-order valence-electron chi connectivity index (χ0n) is 12.2. The number of nitrogens with zero attached hydrogens (tertiary/aromatic N) is 1. The Hall–Kier alpha value is -2.10. The van der Waals surface area contributed by atoms with Crippen molar-refractivity contribution in [2.24, 2.45) is 0 Å². The van der Waals surface area contributed by atoms with E-state index < -0.39 is 5.97 Å². The molecular weight excluding hydrogens is 254 g/mol. The summed E-state index contributed by atoms with van der Waals surface area (Å²) in [5, 5.41) is 0. The molecule has 108 valence electrons. The standard InChI is InChI=1S/C16H21NO3/c1-4-5-11-17(15(18)12-16(19)20-3)13(2)14-9-7-6-8-10-14/h4-10,13H,11-12H2,1-3H3/b5-4+/t13-/m0/s1. The number of carbonyl (C=O) groups is 2. The van der Waals surface area contributed by atoms with Crippen molar-refractivity contribution in [2.45, 2.75) is 26.3 Å². The fraction of sp³-hybridized carbons (Fsp3) is 0.375. The predicted octanol–water partition coefficient (Wildman–Crippen LogP) is 2.72. The summed E-state index contributed by atoms with van der Waals surface area (Å²) in [7, 11) is 1.28. The van der Waals surface area contributed by atoms with Crippen LogP contribution in [-0.2, 0) is 14.3 Å². The molecule has 0 aliphatic rings. The highest BCUT2D eigenvalue weighted by Crippen LogP contribution is 2.20. The lowest BCUT2D eigenvalue weighted by Gasteiger charge is -2.28. The highest BCUT2D eigenvalue weighted by molar-refractivity contribution is 5.94. The second-order valence-electron chi connectivity index (χ2n) is 4.45. The number of carbonyl (C=O) groups excluding carboxylic acids is 2. The minimum atomic E-state index is -0.513. The third kappa shape index (κ3) is 4.53. The van der Waals surface area contributed by atoms with Crippen molar-refractivity contribution in [3.8, 4) is 0 Å². The molecule has 1 atom stereocenters. The molecule has 0 fully saturated rings. The van der Waals surface area contributed by atoms with E-state index in [2.05, 4.69) is 4.74 Å². The van der Waals surface area contributed by atoms with Crippen molar-refractivity contribution in [3.05, 3.63) is 48.0 Å². The van der Waals surface area contributed by atoms with Gasteiger partial charge < -0.3 is 9.64 Å². The van der Waals surface area contributed by atoms with Crippen molar-refractivity contribution in [1.82, 2.24) is 4.90 Å². The Balaban J connectivity index is 2.88. The largest absolute Gasteiger partial charge is 0.469 e. The van der Waals surface area contributed by atoms with Crippen LogP contribution in [0.2, 0.25) is 0 Å². The summed E-state index contributed by atoms with van der Waals surface area (Å²) in [4.78, 5) is 25.2. The Morgan fingerprint density at radius 3 is 2.50 bits per heavy atom. The highest BCUT2D eigenvalue weighted by Gasteiger charge is 2.22. The van der Waals surface area contributed by atoms with E-state index in [4.69, 9.17) is 0 Å². The van der Waals surface area contributed by atoms with Gasteiger partial charge in [-0.05, 0) is 19.4 Å². The number of esters is 1. The van der Waals surface area contributed by atoms with E-state index in [1.165, 1.54) is 7.11 Å². The van der Waals surface area contributed by atoms with E-state index in [0.717, 1.165) is 5.56 Å². The molecule has 1 aromatic carbocycles. The zero-order valence-corrected chi connectivity index (χ0v) is 12.2. The molecule has 0 saturated carbocycles. The van der Waals surface area contributed by atoms with Gasteiger partial charge in [0.2, 0.25) is 5.91 Å². The number of amides is 1. The van der Waals surface area contributed by atoms with Crippen molar-refractivity contribution in [2.75, 3.05) is 13.7 Å². The molecule has 0 radical (unpaired) electrons. The first-order chi connectivity index (χ1) is 9.60. The Morgan fingerprint density at radius 2 is 1.95 bits per heavy atom. The maximum Gasteiger partial charge on any atom is 0.315 e. The van der Waals surface area contributed by atoms with E-state index >= 15 is 0 Å². The van der Waals surface area contributed by atoms with Crippen LogP contribution in [0, 0.1) is 0 Å².